The summed E-state index contributed by atoms with van der Waals surface area (Å²) >= 11 is 0. The van der Waals surface area contributed by atoms with Gasteiger partial charge >= 0.3 is 0 Å². The van der Waals surface area contributed by atoms with Crippen LogP contribution in [0.1, 0.15) is 62.1 Å². The minimum absolute atomic E-state index is 0.0430. The Morgan fingerprint density at radius 2 is 1.72 bits per heavy atom. The van der Waals surface area contributed by atoms with E-state index in [1.54, 1.807) is 7.11 Å². The maximum absolute atomic E-state index is 13.4. The van der Waals surface area contributed by atoms with Crippen molar-refractivity contribution >= 4 is 11.8 Å². The third-order valence-electron chi connectivity index (χ3n) is 8.39. The Kier molecular flexibility index (Phi) is 7.61. The lowest BCUT2D eigenvalue weighted by Crippen LogP contribution is -2.45. The van der Waals surface area contributed by atoms with E-state index in [4.69, 9.17) is 4.74 Å². The van der Waals surface area contributed by atoms with Gasteiger partial charge in [0, 0.05) is 26.1 Å². The van der Waals surface area contributed by atoms with Crippen molar-refractivity contribution in [2.24, 2.45) is 11.3 Å². The van der Waals surface area contributed by atoms with Gasteiger partial charge in [0.15, 0.2) is 0 Å². The SMILES string of the molecule is COc1ccc(CN2CCC3(CCN(CC[C@H](NC(=O)CC4CC4)c4ccccc4)CC3)C2=O)cc1. The topological polar surface area (TPSA) is 61.9 Å². The van der Waals surface area contributed by atoms with Gasteiger partial charge in [-0.2, -0.15) is 0 Å². The summed E-state index contributed by atoms with van der Waals surface area (Å²) in [7, 11) is 1.67. The molecule has 2 aromatic carbocycles. The van der Waals surface area contributed by atoms with Gasteiger partial charge in [0.05, 0.1) is 18.6 Å². The number of nitrogens with zero attached hydrogens (tertiary/aromatic N) is 2. The Balaban J connectivity index is 1.13. The highest BCUT2D eigenvalue weighted by Gasteiger charge is 2.47. The molecule has 36 heavy (non-hydrogen) atoms. The number of methoxy groups -OCH3 is 1. The first-order valence-electron chi connectivity index (χ1n) is 13.5. The average molecular weight is 490 g/mol. The molecule has 1 aliphatic carbocycles. The second-order valence-corrected chi connectivity index (χ2v) is 10.9. The largest absolute Gasteiger partial charge is 0.497 e. The predicted octanol–water partition coefficient (Wildman–Crippen LogP) is 4.56. The third-order valence-corrected chi connectivity index (χ3v) is 8.39. The lowest BCUT2D eigenvalue weighted by atomic mass is 9.77. The summed E-state index contributed by atoms with van der Waals surface area (Å²) in [5, 5.41) is 3.30. The Bertz CT molecular complexity index is 1030. The first-order valence-corrected chi connectivity index (χ1v) is 13.5. The monoisotopic (exact) mass is 489 g/mol. The standard InChI is InChI=1S/C30H39N3O3/c1-36-26-11-9-24(10-12-26)22-33-20-16-30(29(33)35)14-18-32(19-15-30)17-13-27(25-5-3-2-4-6-25)31-28(34)21-23-7-8-23/h2-6,9-12,23,27H,7-8,13-22H2,1H3,(H,31,34)/t27-/m0/s1. The van der Waals surface area contributed by atoms with Crippen molar-refractivity contribution in [1.29, 1.82) is 0 Å². The highest BCUT2D eigenvalue weighted by Crippen LogP contribution is 2.42. The molecule has 2 aromatic rings. The van der Waals surface area contributed by atoms with Crippen molar-refractivity contribution in [3.8, 4) is 5.75 Å². The van der Waals surface area contributed by atoms with Crippen molar-refractivity contribution in [1.82, 2.24) is 15.1 Å². The van der Waals surface area contributed by atoms with Gasteiger partial charge in [-0.05, 0) is 80.8 Å². The van der Waals surface area contributed by atoms with Gasteiger partial charge in [0.1, 0.15) is 5.75 Å². The van der Waals surface area contributed by atoms with E-state index in [1.165, 1.54) is 18.4 Å². The van der Waals surface area contributed by atoms with E-state index in [2.05, 4.69) is 22.3 Å². The molecule has 1 N–H and O–H groups in total. The smallest absolute Gasteiger partial charge is 0.229 e. The number of hydrogen-bond acceptors (Lipinski definition) is 4. The molecule has 192 valence electrons. The third kappa shape index (κ3) is 5.92. The fourth-order valence-corrected chi connectivity index (χ4v) is 5.82. The summed E-state index contributed by atoms with van der Waals surface area (Å²) in [6.45, 7) is 4.34. The van der Waals surface area contributed by atoms with Gasteiger partial charge in [0.25, 0.3) is 0 Å². The number of nitrogens with one attached hydrogen (secondary N) is 1. The second kappa shape index (κ2) is 11.0. The number of likely N-dealkylation sites (tertiary alicyclic amines) is 2. The van der Waals surface area contributed by atoms with Gasteiger partial charge in [0.2, 0.25) is 11.8 Å². The maximum atomic E-state index is 13.4. The van der Waals surface area contributed by atoms with E-state index >= 15 is 0 Å². The first-order chi connectivity index (χ1) is 17.5. The van der Waals surface area contributed by atoms with Crippen LogP contribution < -0.4 is 10.1 Å². The molecule has 2 heterocycles. The quantitative estimate of drug-likeness (QED) is 0.532. The maximum Gasteiger partial charge on any atom is 0.229 e. The lowest BCUT2D eigenvalue weighted by Gasteiger charge is -2.38. The molecule has 0 bridgehead atoms. The summed E-state index contributed by atoms with van der Waals surface area (Å²) in [5.74, 6) is 1.94. The number of hydrogen-bond donors (Lipinski definition) is 1. The molecule has 0 aromatic heterocycles. The average Bonchev–Trinajstić information content (AvgIpc) is 3.69. The summed E-state index contributed by atoms with van der Waals surface area (Å²) < 4.78 is 5.25. The molecule has 2 amide bonds. The number of rotatable bonds is 10. The number of amides is 2. The summed E-state index contributed by atoms with van der Waals surface area (Å²) in [4.78, 5) is 30.5. The fraction of sp³-hybridized carbons (Fsp3) is 0.533. The van der Waals surface area contributed by atoms with Gasteiger partial charge in [-0.1, -0.05) is 42.5 Å². The highest BCUT2D eigenvalue weighted by atomic mass is 16.5. The molecule has 6 nitrogen and oxygen atoms in total. The summed E-state index contributed by atoms with van der Waals surface area (Å²) in [5.41, 5.74) is 2.13. The number of ether oxygens (including phenoxy) is 1. The molecule has 1 atom stereocenters. The van der Waals surface area contributed by atoms with Crippen molar-refractivity contribution in [2.75, 3.05) is 33.3 Å². The van der Waals surface area contributed by atoms with E-state index in [0.717, 1.165) is 63.2 Å². The second-order valence-electron chi connectivity index (χ2n) is 10.9. The van der Waals surface area contributed by atoms with Crippen LogP contribution in [0.25, 0.3) is 0 Å². The summed E-state index contributed by atoms with van der Waals surface area (Å²) in [6, 6.07) is 18.4. The van der Waals surface area contributed by atoms with E-state index in [9.17, 15) is 9.59 Å². The van der Waals surface area contributed by atoms with Crippen LogP contribution in [0.15, 0.2) is 54.6 Å². The zero-order chi connectivity index (χ0) is 25.0. The zero-order valence-electron chi connectivity index (χ0n) is 21.5. The highest BCUT2D eigenvalue weighted by molar-refractivity contribution is 5.85. The van der Waals surface area contributed by atoms with Crippen LogP contribution in [0.4, 0.5) is 0 Å². The minimum Gasteiger partial charge on any atom is -0.497 e. The fourth-order valence-electron chi connectivity index (χ4n) is 5.82. The predicted molar refractivity (Wildman–Crippen MR) is 140 cm³/mol. The zero-order valence-corrected chi connectivity index (χ0v) is 21.5. The van der Waals surface area contributed by atoms with E-state index in [1.807, 2.05) is 47.4 Å². The van der Waals surface area contributed by atoms with Crippen molar-refractivity contribution in [3.05, 3.63) is 65.7 Å². The molecule has 0 radical (unpaired) electrons. The number of piperidine rings is 1. The Labute approximate surface area is 215 Å². The molecule has 1 saturated carbocycles. The normalized spacial score (nSPS) is 20.5. The minimum atomic E-state index is -0.194. The Morgan fingerprint density at radius 3 is 2.39 bits per heavy atom. The molecule has 2 saturated heterocycles. The van der Waals surface area contributed by atoms with E-state index < -0.39 is 0 Å². The van der Waals surface area contributed by atoms with Crippen LogP contribution in [0.3, 0.4) is 0 Å². The van der Waals surface area contributed by atoms with Crippen LogP contribution in [0.5, 0.6) is 5.75 Å². The molecule has 3 fully saturated rings. The van der Waals surface area contributed by atoms with Gasteiger partial charge < -0.3 is 19.9 Å². The molecule has 3 aliphatic rings. The molecule has 5 rings (SSSR count). The van der Waals surface area contributed by atoms with Crippen LogP contribution in [-0.2, 0) is 16.1 Å². The van der Waals surface area contributed by atoms with Gasteiger partial charge in [-0.3, -0.25) is 9.59 Å². The molecule has 2 aliphatic heterocycles. The van der Waals surface area contributed by atoms with Crippen LogP contribution in [0.2, 0.25) is 0 Å². The summed E-state index contributed by atoms with van der Waals surface area (Å²) in [6.07, 6.45) is 6.74. The van der Waals surface area contributed by atoms with Crippen molar-refractivity contribution in [3.63, 3.8) is 0 Å². The van der Waals surface area contributed by atoms with Crippen LogP contribution in [-0.4, -0.2) is 54.9 Å². The molecule has 1 spiro atoms. The van der Waals surface area contributed by atoms with Crippen molar-refractivity contribution in [2.45, 2.75) is 57.5 Å². The molecular weight excluding hydrogens is 450 g/mol. The molecule has 0 unspecified atom stereocenters. The van der Waals surface area contributed by atoms with Crippen LogP contribution >= 0.6 is 0 Å². The van der Waals surface area contributed by atoms with Gasteiger partial charge in [-0.25, -0.2) is 0 Å². The number of carbonyl (C=O) groups is 2. The Hall–Kier alpha value is -2.86. The van der Waals surface area contributed by atoms with Crippen LogP contribution in [0, 0.1) is 11.3 Å². The number of benzene rings is 2. The molecular formula is C30H39N3O3. The van der Waals surface area contributed by atoms with E-state index in [0.29, 0.717) is 24.8 Å². The number of carbonyl (C=O) groups excluding carboxylic acids is 2. The molecule has 6 heteroatoms. The van der Waals surface area contributed by atoms with E-state index in [-0.39, 0.29) is 17.4 Å². The van der Waals surface area contributed by atoms with Crippen molar-refractivity contribution < 1.29 is 14.3 Å². The Morgan fingerprint density at radius 1 is 1.03 bits per heavy atom. The lowest BCUT2D eigenvalue weighted by molar-refractivity contribution is -0.139. The van der Waals surface area contributed by atoms with Gasteiger partial charge in [-0.15, -0.1) is 0 Å². The first kappa shape index (κ1) is 24.8.